The molecular weight excluding hydrogens is 296 g/mol. The molecule has 0 saturated carbocycles. The molecule has 5 heteroatoms. The normalized spacial score (nSPS) is 28.7. The number of rotatable bonds is 3. The Morgan fingerprint density at radius 1 is 1.50 bits per heavy atom. The van der Waals surface area contributed by atoms with Crippen molar-refractivity contribution in [2.75, 3.05) is 33.7 Å². The summed E-state index contributed by atoms with van der Waals surface area (Å²) in [7, 11) is 4.18. The van der Waals surface area contributed by atoms with Gasteiger partial charge in [-0.05, 0) is 63.7 Å². The van der Waals surface area contributed by atoms with E-state index in [4.69, 9.17) is 4.74 Å². The summed E-state index contributed by atoms with van der Waals surface area (Å²) in [6, 6.07) is 2.02. The zero-order valence-electron chi connectivity index (χ0n) is 13.8. The topological polar surface area (TPSA) is 32.8 Å². The molecule has 0 bridgehead atoms. The average molecular weight is 322 g/mol. The van der Waals surface area contributed by atoms with Crippen molar-refractivity contribution in [1.29, 1.82) is 0 Å². The van der Waals surface area contributed by atoms with Crippen LogP contribution >= 0.6 is 11.3 Å². The van der Waals surface area contributed by atoms with Crippen molar-refractivity contribution in [3.63, 3.8) is 0 Å². The van der Waals surface area contributed by atoms with E-state index in [-0.39, 0.29) is 11.5 Å². The molecule has 0 radical (unpaired) electrons. The van der Waals surface area contributed by atoms with Gasteiger partial charge in [-0.25, -0.2) is 0 Å². The lowest BCUT2D eigenvalue weighted by Crippen LogP contribution is -2.46. The Balaban J connectivity index is 1.66. The molecule has 0 aromatic carbocycles. The zero-order valence-corrected chi connectivity index (χ0v) is 14.6. The highest BCUT2D eigenvalue weighted by Gasteiger charge is 2.44. The van der Waals surface area contributed by atoms with Crippen LogP contribution in [0, 0.1) is 6.92 Å². The summed E-state index contributed by atoms with van der Waals surface area (Å²) >= 11 is 1.55. The molecule has 3 heterocycles. The van der Waals surface area contributed by atoms with Crippen LogP contribution in [-0.2, 0) is 4.74 Å². The largest absolute Gasteiger partial charge is 0.369 e. The van der Waals surface area contributed by atoms with Gasteiger partial charge in [0.1, 0.15) is 0 Å². The van der Waals surface area contributed by atoms with Crippen molar-refractivity contribution in [1.82, 2.24) is 9.80 Å². The van der Waals surface area contributed by atoms with E-state index in [1.807, 2.05) is 23.3 Å². The molecule has 2 saturated heterocycles. The molecule has 0 N–H and O–H groups in total. The maximum atomic E-state index is 12.7. The van der Waals surface area contributed by atoms with Crippen LogP contribution in [0.1, 0.15) is 40.9 Å². The van der Waals surface area contributed by atoms with Gasteiger partial charge in [-0.2, -0.15) is 0 Å². The van der Waals surface area contributed by atoms with E-state index in [2.05, 4.69) is 19.0 Å². The van der Waals surface area contributed by atoms with Crippen molar-refractivity contribution < 1.29 is 9.53 Å². The molecule has 2 fully saturated rings. The van der Waals surface area contributed by atoms with Crippen molar-refractivity contribution in [2.24, 2.45) is 0 Å². The molecular formula is C17H26N2O2S. The highest BCUT2D eigenvalue weighted by Crippen LogP contribution is 2.37. The minimum Gasteiger partial charge on any atom is -0.369 e. The average Bonchev–Trinajstić information content (AvgIpc) is 3.05. The first kappa shape index (κ1) is 16.0. The van der Waals surface area contributed by atoms with Gasteiger partial charge in [-0.3, -0.25) is 4.79 Å². The third-order valence-corrected chi connectivity index (χ3v) is 5.81. The van der Waals surface area contributed by atoms with Gasteiger partial charge in [-0.15, -0.1) is 11.3 Å². The Morgan fingerprint density at radius 2 is 2.32 bits per heavy atom. The van der Waals surface area contributed by atoms with Crippen molar-refractivity contribution in [2.45, 2.75) is 44.3 Å². The van der Waals surface area contributed by atoms with Gasteiger partial charge in [0.15, 0.2) is 0 Å². The maximum Gasteiger partial charge on any atom is 0.264 e. The van der Waals surface area contributed by atoms with Gasteiger partial charge in [0.05, 0.1) is 23.1 Å². The molecule has 1 amide bonds. The molecule has 0 aliphatic carbocycles. The van der Waals surface area contributed by atoms with E-state index in [9.17, 15) is 4.79 Å². The second kappa shape index (κ2) is 6.30. The van der Waals surface area contributed by atoms with Gasteiger partial charge < -0.3 is 14.5 Å². The molecule has 1 spiro atoms. The quantitative estimate of drug-likeness (QED) is 0.858. The number of aryl methyl sites for hydroxylation is 1. The van der Waals surface area contributed by atoms with Gasteiger partial charge >= 0.3 is 0 Å². The van der Waals surface area contributed by atoms with E-state index < -0.39 is 0 Å². The number of hydrogen-bond acceptors (Lipinski definition) is 4. The number of likely N-dealkylation sites (N-methyl/N-ethyl adjacent to an activating group) is 1. The van der Waals surface area contributed by atoms with E-state index in [1.165, 1.54) is 6.42 Å². The van der Waals surface area contributed by atoms with Crippen LogP contribution in [-0.4, -0.2) is 61.1 Å². The Bertz CT molecular complexity index is 543. The van der Waals surface area contributed by atoms with Gasteiger partial charge in [-0.1, -0.05) is 0 Å². The number of hydrogen-bond donors (Lipinski definition) is 0. The van der Waals surface area contributed by atoms with E-state index in [0.717, 1.165) is 49.3 Å². The Kier molecular flexibility index (Phi) is 4.57. The number of carbonyl (C=O) groups is 1. The summed E-state index contributed by atoms with van der Waals surface area (Å²) < 4.78 is 6.44. The maximum absolute atomic E-state index is 12.7. The summed E-state index contributed by atoms with van der Waals surface area (Å²) in [5.74, 6) is 0.183. The SMILES string of the molecule is Cc1ccsc1C(=O)N1CC[C@]2(CCC[C@@H](CN(C)C)O2)C1. The van der Waals surface area contributed by atoms with E-state index >= 15 is 0 Å². The first-order chi connectivity index (χ1) is 10.5. The molecule has 22 heavy (non-hydrogen) atoms. The molecule has 2 aliphatic heterocycles. The first-order valence-corrected chi connectivity index (χ1v) is 9.03. The Morgan fingerprint density at radius 3 is 3.00 bits per heavy atom. The number of ether oxygens (including phenoxy) is 1. The molecule has 4 nitrogen and oxygen atoms in total. The number of thiophene rings is 1. The lowest BCUT2D eigenvalue weighted by Gasteiger charge is -2.39. The van der Waals surface area contributed by atoms with E-state index in [0.29, 0.717) is 6.10 Å². The summed E-state index contributed by atoms with van der Waals surface area (Å²) in [5, 5.41) is 2.00. The van der Waals surface area contributed by atoms with Gasteiger partial charge in [0.25, 0.3) is 5.91 Å². The van der Waals surface area contributed by atoms with Crippen LogP contribution in [0.5, 0.6) is 0 Å². The van der Waals surface area contributed by atoms with Crippen LogP contribution in [0.15, 0.2) is 11.4 Å². The fourth-order valence-electron chi connectivity index (χ4n) is 3.71. The Labute approximate surface area is 137 Å². The summed E-state index contributed by atoms with van der Waals surface area (Å²) in [4.78, 5) is 17.8. The van der Waals surface area contributed by atoms with Crippen LogP contribution < -0.4 is 0 Å². The number of nitrogens with zero attached hydrogens (tertiary/aromatic N) is 2. The molecule has 1 aromatic rings. The molecule has 1 aromatic heterocycles. The van der Waals surface area contributed by atoms with Crippen molar-refractivity contribution in [3.8, 4) is 0 Å². The van der Waals surface area contributed by atoms with Crippen LogP contribution in [0.3, 0.4) is 0 Å². The number of amides is 1. The third kappa shape index (κ3) is 3.21. The van der Waals surface area contributed by atoms with Gasteiger partial charge in [0.2, 0.25) is 0 Å². The van der Waals surface area contributed by atoms with Crippen molar-refractivity contribution in [3.05, 3.63) is 21.9 Å². The zero-order chi connectivity index (χ0) is 15.7. The predicted octanol–water partition coefficient (Wildman–Crippen LogP) is 2.77. The minimum atomic E-state index is -0.0975. The molecule has 0 unspecified atom stereocenters. The molecule has 3 rings (SSSR count). The third-order valence-electron chi connectivity index (χ3n) is 4.80. The highest BCUT2D eigenvalue weighted by molar-refractivity contribution is 7.12. The van der Waals surface area contributed by atoms with Crippen molar-refractivity contribution >= 4 is 17.2 Å². The molecule has 122 valence electrons. The lowest BCUT2D eigenvalue weighted by molar-refractivity contribution is -0.124. The van der Waals surface area contributed by atoms with Crippen LogP contribution in [0.2, 0.25) is 0 Å². The van der Waals surface area contributed by atoms with Crippen LogP contribution in [0.4, 0.5) is 0 Å². The van der Waals surface area contributed by atoms with E-state index in [1.54, 1.807) is 11.3 Å². The monoisotopic (exact) mass is 322 g/mol. The fourth-order valence-corrected chi connectivity index (χ4v) is 4.60. The summed E-state index contributed by atoms with van der Waals surface area (Å²) in [5.41, 5.74) is 0.991. The first-order valence-electron chi connectivity index (χ1n) is 8.15. The second-order valence-electron chi connectivity index (χ2n) is 6.99. The molecule has 2 aliphatic rings. The summed E-state index contributed by atoms with van der Waals surface area (Å²) in [6.07, 6.45) is 4.72. The standard InChI is InChI=1S/C17H26N2O2S/c1-13-6-10-22-15(13)16(20)19-9-8-17(12-19)7-4-5-14(21-17)11-18(2)3/h6,10,14H,4-5,7-9,11-12H2,1-3H3/t14-,17+/m0/s1. The van der Waals surface area contributed by atoms with Gasteiger partial charge in [0, 0.05) is 13.1 Å². The Hall–Kier alpha value is -0.910. The second-order valence-corrected chi connectivity index (χ2v) is 7.90. The minimum absolute atomic E-state index is 0.0975. The summed E-state index contributed by atoms with van der Waals surface area (Å²) in [6.45, 7) is 4.57. The number of carbonyl (C=O) groups excluding carboxylic acids is 1. The fraction of sp³-hybridized carbons (Fsp3) is 0.706. The van der Waals surface area contributed by atoms with Crippen LogP contribution in [0.25, 0.3) is 0 Å². The number of likely N-dealkylation sites (tertiary alicyclic amines) is 1. The lowest BCUT2D eigenvalue weighted by atomic mass is 9.90. The highest BCUT2D eigenvalue weighted by atomic mass is 32.1. The smallest absolute Gasteiger partial charge is 0.264 e. The molecule has 2 atom stereocenters. The predicted molar refractivity (Wildman–Crippen MR) is 89.6 cm³/mol.